The first-order valence-corrected chi connectivity index (χ1v) is 9.99. The van der Waals surface area contributed by atoms with Gasteiger partial charge in [0.05, 0.1) is 31.6 Å². The van der Waals surface area contributed by atoms with Crippen LogP contribution in [0.3, 0.4) is 0 Å². The van der Waals surface area contributed by atoms with Crippen LogP contribution in [0.5, 0.6) is 11.5 Å². The Morgan fingerprint density at radius 3 is 2.86 bits per heavy atom. The molecule has 7 heteroatoms. The SMILES string of the molecule is CCOc1ccc(CCC(=O)NCc2csc(-c3ccccn3)n2)cc1OC. The molecule has 6 nitrogen and oxygen atoms in total. The van der Waals surface area contributed by atoms with Crippen LogP contribution in [-0.4, -0.2) is 29.6 Å². The van der Waals surface area contributed by atoms with Crippen molar-refractivity contribution >= 4 is 17.2 Å². The Balaban J connectivity index is 1.49. The minimum absolute atomic E-state index is 0.0137. The zero-order valence-electron chi connectivity index (χ0n) is 16.0. The van der Waals surface area contributed by atoms with Gasteiger partial charge in [-0.3, -0.25) is 9.78 Å². The van der Waals surface area contributed by atoms with Crippen LogP contribution in [0, 0.1) is 0 Å². The van der Waals surface area contributed by atoms with Crippen molar-refractivity contribution in [1.29, 1.82) is 0 Å². The molecule has 1 N–H and O–H groups in total. The van der Waals surface area contributed by atoms with Crippen molar-refractivity contribution in [1.82, 2.24) is 15.3 Å². The molecule has 0 bridgehead atoms. The number of ether oxygens (including phenoxy) is 2. The number of amides is 1. The van der Waals surface area contributed by atoms with E-state index in [9.17, 15) is 4.79 Å². The second kappa shape index (κ2) is 9.85. The van der Waals surface area contributed by atoms with Gasteiger partial charge in [-0.2, -0.15) is 0 Å². The predicted molar refractivity (Wildman–Crippen MR) is 110 cm³/mol. The molecule has 1 amide bonds. The molecule has 0 saturated carbocycles. The minimum Gasteiger partial charge on any atom is -0.493 e. The van der Waals surface area contributed by atoms with Gasteiger partial charge in [0.1, 0.15) is 5.01 Å². The first-order valence-electron chi connectivity index (χ1n) is 9.11. The van der Waals surface area contributed by atoms with Crippen LogP contribution < -0.4 is 14.8 Å². The number of thiazole rings is 1. The second-order valence-electron chi connectivity index (χ2n) is 6.05. The molecule has 0 unspecified atom stereocenters. The van der Waals surface area contributed by atoms with E-state index in [1.807, 2.05) is 48.7 Å². The van der Waals surface area contributed by atoms with Gasteiger partial charge in [0.2, 0.25) is 5.91 Å². The van der Waals surface area contributed by atoms with Gasteiger partial charge < -0.3 is 14.8 Å². The monoisotopic (exact) mass is 397 g/mol. The third-order valence-corrected chi connectivity index (χ3v) is 4.98. The van der Waals surface area contributed by atoms with Crippen LogP contribution in [-0.2, 0) is 17.8 Å². The summed E-state index contributed by atoms with van der Waals surface area (Å²) >= 11 is 1.52. The molecule has 1 aromatic carbocycles. The average molecular weight is 398 g/mol. The molecule has 2 aromatic heterocycles. The standard InChI is InChI=1S/C21H23N3O3S/c1-3-27-18-9-7-15(12-19(18)26-2)8-10-20(25)23-13-16-14-28-21(24-16)17-6-4-5-11-22-17/h4-7,9,11-12,14H,3,8,10,13H2,1-2H3,(H,23,25). The van der Waals surface area contributed by atoms with Crippen molar-refractivity contribution in [2.45, 2.75) is 26.3 Å². The highest BCUT2D eigenvalue weighted by Gasteiger charge is 2.09. The van der Waals surface area contributed by atoms with E-state index >= 15 is 0 Å². The van der Waals surface area contributed by atoms with Gasteiger partial charge >= 0.3 is 0 Å². The Kier molecular flexibility index (Phi) is 6.97. The summed E-state index contributed by atoms with van der Waals surface area (Å²) in [4.78, 5) is 21.0. The fourth-order valence-corrected chi connectivity index (χ4v) is 3.47. The maximum atomic E-state index is 12.2. The number of hydrogen-bond acceptors (Lipinski definition) is 6. The van der Waals surface area contributed by atoms with E-state index in [1.165, 1.54) is 11.3 Å². The van der Waals surface area contributed by atoms with Crippen molar-refractivity contribution < 1.29 is 14.3 Å². The third-order valence-electron chi connectivity index (χ3n) is 4.07. The number of carbonyl (C=O) groups excluding carboxylic acids is 1. The molecule has 0 fully saturated rings. The molecule has 146 valence electrons. The number of pyridine rings is 1. The van der Waals surface area contributed by atoms with E-state index in [0.29, 0.717) is 37.5 Å². The molecule has 0 saturated heterocycles. The third kappa shape index (κ3) is 5.29. The number of hydrogen-bond donors (Lipinski definition) is 1. The van der Waals surface area contributed by atoms with E-state index in [-0.39, 0.29) is 5.91 Å². The lowest BCUT2D eigenvalue weighted by Crippen LogP contribution is -2.23. The number of nitrogens with one attached hydrogen (secondary N) is 1. The molecular formula is C21H23N3O3S. The molecule has 0 radical (unpaired) electrons. The van der Waals surface area contributed by atoms with Crippen LogP contribution in [0.1, 0.15) is 24.6 Å². The van der Waals surface area contributed by atoms with E-state index in [0.717, 1.165) is 22.0 Å². The quantitative estimate of drug-likeness (QED) is 0.593. The van der Waals surface area contributed by atoms with Crippen molar-refractivity contribution in [3.63, 3.8) is 0 Å². The highest BCUT2D eigenvalue weighted by atomic mass is 32.1. The Hall–Kier alpha value is -2.93. The molecule has 0 atom stereocenters. The molecule has 3 aromatic rings. The Morgan fingerprint density at radius 2 is 2.11 bits per heavy atom. The van der Waals surface area contributed by atoms with Crippen LogP contribution in [0.2, 0.25) is 0 Å². The van der Waals surface area contributed by atoms with Gasteiger partial charge in [-0.25, -0.2) is 4.98 Å². The van der Waals surface area contributed by atoms with E-state index in [2.05, 4.69) is 15.3 Å². The summed E-state index contributed by atoms with van der Waals surface area (Å²) in [7, 11) is 1.61. The normalized spacial score (nSPS) is 10.5. The Morgan fingerprint density at radius 1 is 1.21 bits per heavy atom. The van der Waals surface area contributed by atoms with Gasteiger partial charge in [-0.05, 0) is 43.2 Å². The fourth-order valence-electron chi connectivity index (χ4n) is 2.67. The average Bonchev–Trinajstić information content (AvgIpc) is 3.21. The van der Waals surface area contributed by atoms with Crippen LogP contribution >= 0.6 is 11.3 Å². The lowest BCUT2D eigenvalue weighted by atomic mass is 10.1. The summed E-state index contributed by atoms with van der Waals surface area (Å²) in [6, 6.07) is 11.5. The topological polar surface area (TPSA) is 73.3 Å². The fraction of sp³-hybridized carbons (Fsp3) is 0.286. The molecule has 0 spiro atoms. The number of aromatic nitrogens is 2. The Bertz CT molecular complexity index is 912. The smallest absolute Gasteiger partial charge is 0.220 e. The van der Waals surface area contributed by atoms with Crippen molar-refractivity contribution in [3.05, 3.63) is 59.2 Å². The van der Waals surface area contributed by atoms with Crippen LogP contribution in [0.25, 0.3) is 10.7 Å². The van der Waals surface area contributed by atoms with Gasteiger partial charge in [-0.1, -0.05) is 12.1 Å². The molecule has 0 aliphatic carbocycles. The highest BCUT2D eigenvalue weighted by molar-refractivity contribution is 7.13. The molecule has 0 aliphatic rings. The zero-order chi connectivity index (χ0) is 19.8. The predicted octanol–water partition coefficient (Wildman–Crippen LogP) is 3.86. The summed E-state index contributed by atoms with van der Waals surface area (Å²) in [6.07, 6.45) is 2.77. The highest BCUT2D eigenvalue weighted by Crippen LogP contribution is 2.28. The van der Waals surface area contributed by atoms with E-state index in [4.69, 9.17) is 9.47 Å². The maximum absolute atomic E-state index is 12.2. The van der Waals surface area contributed by atoms with Gasteiger partial charge in [0, 0.05) is 18.0 Å². The number of benzene rings is 1. The van der Waals surface area contributed by atoms with Crippen molar-refractivity contribution in [2.75, 3.05) is 13.7 Å². The molecular weight excluding hydrogens is 374 g/mol. The summed E-state index contributed by atoms with van der Waals surface area (Å²) in [5, 5.41) is 5.72. The summed E-state index contributed by atoms with van der Waals surface area (Å²) in [5.74, 6) is 1.38. The number of nitrogens with zero attached hydrogens (tertiary/aromatic N) is 2. The number of methoxy groups -OCH3 is 1. The van der Waals surface area contributed by atoms with Crippen molar-refractivity contribution in [2.24, 2.45) is 0 Å². The summed E-state index contributed by atoms with van der Waals surface area (Å²) in [5.41, 5.74) is 2.71. The molecule has 2 heterocycles. The van der Waals surface area contributed by atoms with E-state index < -0.39 is 0 Å². The lowest BCUT2D eigenvalue weighted by Gasteiger charge is -2.11. The van der Waals surface area contributed by atoms with Crippen molar-refractivity contribution in [3.8, 4) is 22.2 Å². The Labute approximate surface area is 168 Å². The van der Waals surface area contributed by atoms with E-state index in [1.54, 1.807) is 13.3 Å². The minimum atomic E-state index is -0.0137. The first-order chi connectivity index (χ1) is 13.7. The largest absolute Gasteiger partial charge is 0.493 e. The number of rotatable bonds is 9. The van der Waals surface area contributed by atoms with Gasteiger partial charge in [0.25, 0.3) is 0 Å². The molecule has 3 rings (SSSR count). The number of aryl methyl sites for hydroxylation is 1. The molecule has 0 aliphatic heterocycles. The summed E-state index contributed by atoms with van der Waals surface area (Å²) < 4.78 is 10.9. The van der Waals surface area contributed by atoms with Gasteiger partial charge in [0.15, 0.2) is 11.5 Å². The molecule has 28 heavy (non-hydrogen) atoms. The second-order valence-corrected chi connectivity index (χ2v) is 6.91. The maximum Gasteiger partial charge on any atom is 0.220 e. The van der Waals surface area contributed by atoms with Crippen LogP contribution in [0.4, 0.5) is 0 Å². The summed E-state index contributed by atoms with van der Waals surface area (Å²) in [6.45, 7) is 2.92. The van der Waals surface area contributed by atoms with Crippen LogP contribution in [0.15, 0.2) is 48.0 Å². The zero-order valence-corrected chi connectivity index (χ0v) is 16.8. The lowest BCUT2D eigenvalue weighted by molar-refractivity contribution is -0.121. The van der Waals surface area contributed by atoms with Gasteiger partial charge in [-0.15, -0.1) is 11.3 Å². The number of carbonyl (C=O) groups is 1. The first kappa shape index (κ1) is 19.8.